The zero-order valence-electron chi connectivity index (χ0n) is 45.4. The SMILES string of the molecule is CCCC/C=C\CCCCCCCC(=O)OCC(COC(=O)CCCCCCCCCCCCCC/C=C\C/C=C\C/C=C\CCCCCCC)OC(=O)CCCCCCCCCCCCCC. The van der Waals surface area contributed by atoms with Gasteiger partial charge in [-0.15, -0.1) is 0 Å². The van der Waals surface area contributed by atoms with Gasteiger partial charge in [0, 0.05) is 19.3 Å². The van der Waals surface area contributed by atoms with Crippen LogP contribution in [-0.2, 0) is 28.6 Å². The van der Waals surface area contributed by atoms with Crippen molar-refractivity contribution in [1.29, 1.82) is 0 Å². The number of rotatable bonds is 54. The van der Waals surface area contributed by atoms with Crippen molar-refractivity contribution in [1.82, 2.24) is 0 Å². The molecule has 396 valence electrons. The minimum Gasteiger partial charge on any atom is -0.462 e. The third kappa shape index (κ3) is 54.3. The number of carbonyl (C=O) groups is 3. The van der Waals surface area contributed by atoms with E-state index in [0.717, 1.165) is 77.0 Å². The number of carbonyl (C=O) groups excluding carboxylic acids is 3. The van der Waals surface area contributed by atoms with Crippen LogP contribution >= 0.6 is 0 Å². The molecule has 0 aliphatic carbocycles. The fourth-order valence-corrected chi connectivity index (χ4v) is 8.55. The molecule has 0 saturated heterocycles. The van der Waals surface area contributed by atoms with Gasteiger partial charge < -0.3 is 14.2 Å². The molecule has 0 aliphatic heterocycles. The summed E-state index contributed by atoms with van der Waals surface area (Å²) in [5.41, 5.74) is 0. The topological polar surface area (TPSA) is 78.9 Å². The Bertz CT molecular complexity index is 1190. The van der Waals surface area contributed by atoms with Crippen molar-refractivity contribution in [2.45, 2.75) is 316 Å². The second-order valence-electron chi connectivity index (χ2n) is 19.9. The highest BCUT2D eigenvalue weighted by Gasteiger charge is 2.19. The molecule has 68 heavy (non-hydrogen) atoms. The fourth-order valence-electron chi connectivity index (χ4n) is 8.55. The van der Waals surface area contributed by atoms with Crippen LogP contribution in [0.25, 0.3) is 0 Å². The van der Waals surface area contributed by atoms with E-state index in [1.807, 2.05) is 0 Å². The van der Waals surface area contributed by atoms with Gasteiger partial charge in [0.2, 0.25) is 0 Å². The lowest BCUT2D eigenvalue weighted by Crippen LogP contribution is -2.30. The van der Waals surface area contributed by atoms with E-state index in [0.29, 0.717) is 19.3 Å². The zero-order chi connectivity index (χ0) is 49.3. The van der Waals surface area contributed by atoms with Crippen molar-refractivity contribution in [2.75, 3.05) is 13.2 Å². The third-order valence-corrected chi connectivity index (χ3v) is 13.1. The Morgan fingerprint density at radius 2 is 0.544 bits per heavy atom. The highest BCUT2D eigenvalue weighted by molar-refractivity contribution is 5.71. The number of hydrogen-bond donors (Lipinski definition) is 0. The molecule has 1 atom stereocenters. The Kier molecular flexibility index (Phi) is 54.8. The summed E-state index contributed by atoms with van der Waals surface area (Å²) >= 11 is 0. The lowest BCUT2D eigenvalue weighted by molar-refractivity contribution is -0.167. The summed E-state index contributed by atoms with van der Waals surface area (Å²) in [5.74, 6) is -0.873. The van der Waals surface area contributed by atoms with Crippen LogP contribution in [0.15, 0.2) is 48.6 Å². The summed E-state index contributed by atoms with van der Waals surface area (Å²) in [4.78, 5) is 38.0. The van der Waals surface area contributed by atoms with Crippen molar-refractivity contribution >= 4 is 17.9 Å². The third-order valence-electron chi connectivity index (χ3n) is 13.1. The van der Waals surface area contributed by atoms with Crippen molar-refractivity contribution in [2.24, 2.45) is 0 Å². The van der Waals surface area contributed by atoms with Gasteiger partial charge in [-0.2, -0.15) is 0 Å². The van der Waals surface area contributed by atoms with Crippen molar-refractivity contribution in [3.05, 3.63) is 48.6 Å². The lowest BCUT2D eigenvalue weighted by atomic mass is 10.0. The molecule has 6 heteroatoms. The van der Waals surface area contributed by atoms with E-state index in [2.05, 4.69) is 69.4 Å². The highest BCUT2D eigenvalue weighted by atomic mass is 16.6. The van der Waals surface area contributed by atoms with Gasteiger partial charge in [0.15, 0.2) is 6.10 Å². The van der Waals surface area contributed by atoms with Gasteiger partial charge in [0.05, 0.1) is 0 Å². The average Bonchev–Trinajstić information content (AvgIpc) is 3.34. The second-order valence-corrected chi connectivity index (χ2v) is 19.9. The van der Waals surface area contributed by atoms with E-state index >= 15 is 0 Å². The van der Waals surface area contributed by atoms with Crippen LogP contribution in [0.4, 0.5) is 0 Å². The maximum Gasteiger partial charge on any atom is 0.306 e. The molecule has 0 spiro atoms. The Labute approximate surface area is 422 Å². The molecule has 0 N–H and O–H groups in total. The predicted octanol–water partition coefficient (Wildman–Crippen LogP) is 19.8. The molecule has 6 nitrogen and oxygen atoms in total. The quantitative estimate of drug-likeness (QED) is 0.0262. The molecule has 0 heterocycles. The monoisotopic (exact) mass is 953 g/mol. The van der Waals surface area contributed by atoms with Crippen LogP contribution in [0.2, 0.25) is 0 Å². The van der Waals surface area contributed by atoms with E-state index in [1.54, 1.807) is 0 Å². The minimum atomic E-state index is -0.773. The van der Waals surface area contributed by atoms with E-state index in [4.69, 9.17) is 14.2 Å². The Morgan fingerprint density at radius 3 is 0.882 bits per heavy atom. The molecule has 0 amide bonds. The molecule has 0 bridgehead atoms. The van der Waals surface area contributed by atoms with Gasteiger partial charge in [-0.1, -0.05) is 262 Å². The zero-order valence-corrected chi connectivity index (χ0v) is 45.4. The van der Waals surface area contributed by atoms with Crippen molar-refractivity contribution in [3.63, 3.8) is 0 Å². The number of allylic oxidation sites excluding steroid dienone is 8. The van der Waals surface area contributed by atoms with Gasteiger partial charge in [-0.25, -0.2) is 0 Å². The van der Waals surface area contributed by atoms with Gasteiger partial charge >= 0.3 is 17.9 Å². The van der Waals surface area contributed by atoms with Gasteiger partial charge in [0.1, 0.15) is 13.2 Å². The Balaban J connectivity index is 4.17. The summed E-state index contributed by atoms with van der Waals surface area (Å²) in [6.45, 7) is 6.60. The lowest BCUT2D eigenvalue weighted by Gasteiger charge is -2.18. The van der Waals surface area contributed by atoms with Crippen LogP contribution in [0.1, 0.15) is 310 Å². The molecule has 0 rings (SSSR count). The summed E-state index contributed by atoms with van der Waals surface area (Å²) in [6, 6.07) is 0. The standard InChI is InChI=1S/C62H112O6/c1-4-7-10-13-16-19-22-24-25-26-27-28-29-30-31-32-33-34-35-36-37-38-41-43-46-49-52-55-61(64)67-58-59(57-66-60(63)54-51-48-45-42-39-21-18-15-12-9-6-3)68-62(65)56-53-50-47-44-40-23-20-17-14-11-8-5-2/h15,18,22,24,26-27,29-30,59H,4-14,16-17,19-21,23,25,28,31-58H2,1-3H3/b18-15-,24-22-,27-26-,30-29-. The van der Waals surface area contributed by atoms with E-state index in [-0.39, 0.29) is 31.1 Å². The van der Waals surface area contributed by atoms with E-state index in [1.165, 1.54) is 193 Å². The largest absolute Gasteiger partial charge is 0.462 e. The van der Waals surface area contributed by atoms with Crippen molar-refractivity contribution < 1.29 is 28.6 Å². The van der Waals surface area contributed by atoms with Crippen LogP contribution < -0.4 is 0 Å². The Hall–Kier alpha value is -2.63. The first-order valence-corrected chi connectivity index (χ1v) is 29.6. The van der Waals surface area contributed by atoms with Gasteiger partial charge in [0.25, 0.3) is 0 Å². The maximum absolute atomic E-state index is 12.8. The van der Waals surface area contributed by atoms with E-state index in [9.17, 15) is 14.4 Å². The highest BCUT2D eigenvalue weighted by Crippen LogP contribution is 2.16. The fraction of sp³-hybridized carbons (Fsp3) is 0.823. The number of hydrogen-bond acceptors (Lipinski definition) is 6. The smallest absolute Gasteiger partial charge is 0.306 e. The molecular formula is C62H112O6. The summed E-state index contributed by atoms with van der Waals surface area (Å²) in [7, 11) is 0. The second kappa shape index (κ2) is 57.0. The molecule has 0 aromatic rings. The first-order valence-electron chi connectivity index (χ1n) is 29.6. The molecule has 0 saturated carbocycles. The van der Waals surface area contributed by atoms with Crippen LogP contribution in [0.5, 0.6) is 0 Å². The molecule has 0 aromatic heterocycles. The number of ether oxygens (including phenoxy) is 3. The first kappa shape index (κ1) is 65.4. The molecular weight excluding hydrogens is 841 g/mol. The molecule has 1 unspecified atom stereocenters. The molecule has 0 radical (unpaired) electrons. The number of esters is 3. The average molecular weight is 954 g/mol. The maximum atomic E-state index is 12.8. The molecule has 0 aromatic carbocycles. The van der Waals surface area contributed by atoms with E-state index < -0.39 is 6.10 Å². The summed E-state index contributed by atoms with van der Waals surface area (Å²) in [5, 5.41) is 0. The van der Waals surface area contributed by atoms with Gasteiger partial charge in [-0.05, 0) is 77.0 Å². The predicted molar refractivity (Wildman–Crippen MR) is 293 cm³/mol. The normalized spacial score (nSPS) is 12.3. The summed E-state index contributed by atoms with van der Waals surface area (Å²) < 4.78 is 16.8. The first-order chi connectivity index (χ1) is 33.5. The van der Waals surface area contributed by atoms with Crippen LogP contribution in [-0.4, -0.2) is 37.2 Å². The minimum absolute atomic E-state index is 0.0735. The number of unbranched alkanes of at least 4 members (excludes halogenated alkanes) is 35. The van der Waals surface area contributed by atoms with Crippen LogP contribution in [0, 0.1) is 0 Å². The molecule has 0 aliphatic rings. The Morgan fingerprint density at radius 1 is 0.294 bits per heavy atom. The van der Waals surface area contributed by atoms with Crippen LogP contribution in [0.3, 0.4) is 0 Å². The van der Waals surface area contributed by atoms with Gasteiger partial charge in [-0.3, -0.25) is 14.4 Å². The van der Waals surface area contributed by atoms with Crippen molar-refractivity contribution in [3.8, 4) is 0 Å². The summed E-state index contributed by atoms with van der Waals surface area (Å²) in [6.07, 6.45) is 69.7. The molecule has 0 fully saturated rings.